The first kappa shape index (κ1) is 18.5. The number of piperidine rings is 1. The normalized spacial score (nSPS) is 15.2. The Bertz CT molecular complexity index is 709. The Kier molecular flexibility index (Phi) is 6.34. The first-order chi connectivity index (χ1) is 12.7. The molecular formula is C21H27N3OS. The summed E-state index contributed by atoms with van der Waals surface area (Å²) in [5, 5.41) is 7.17. The fraction of sp³-hybridized carbons (Fsp3) is 0.381. The third kappa shape index (κ3) is 4.88. The number of ether oxygens (including phenoxy) is 1. The van der Waals surface area contributed by atoms with Crippen molar-refractivity contribution in [3.8, 4) is 5.75 Å². The molecule has 0 unspecified atom stereocenters. The fourth-order valence-corrected chi connectivity index (χ4v) is 3.54. The molecule has 2 aromatic rings. The maximum Gasteiger partial charge on any atom is 0.171 e. The van der Waals surface area contributed by atoms with E-state index in [1.165, 1.54) is 43.6 Å². The van der Waals surface area contributed by atoms with Crippen LogP contribution in [-0.2, 0) is 0 Å². The predicted octanol–water partition coefficient (Wildman–Crippen LogP) is 4.73. The Morgan fingerprint density at radius 2 is 1.65 bits per heavy atom. The van der Waals surface area contributed by atoms with E-state index in [0.29, 0.717) is 5.11 Å². The van der Waals surface area contributed by atoms with Gasteiger partial charge in [-0.2, -0.15) is 0 Å². The van der Waals surface area contributed by atoms with E-state index in [9.17, 15) is 0 Å². The Balaban J connectivity index is 1.54. The minimum absolute atomic E-state index is 0.142. The molecular weight excluding hydrogens is 342 g/mol. The molecule has 0 amide bonds. The van der Waals surface area contributed by atoms with Gasteiger partial charge < -0.3 is 20.3 Å². The SMILES string of the molecule is COc1ccc(NC(=S)N[C@@H](C)c2ccc(N3CCCCC3)cc2)cc1. The fourth-order valence-electron chi connectivity index (χ4n) is 3.25. The molecule has 2 aromatic carbocycles. The Hall–Kier alpha value is -2.27. The average Bonchev–Trinajstić information content (AvgIpc) is 2.69. The summed E-state index contributed by atoms with van der Waals surface area (Å²) in [5.41, 5.74) is 3.49. The van der Waals surface area contributed by atoms with E-state index in [-0.39, 0.29) is 6.04 Å². The van der Waals surface area contributed by atoms with Gasteiger partial charge in [0.2, 0.25) is 0 Å². The smallest absolute Gasteiger partial charge is 0.171 e. The molecule has 1 saturated heterocycles. The van der Waals surface area contributed by atoms with Crippen LogP contribution in [0.3, 0.4) is 0 Å². The van der Waals surface area contributed by atoms with E-state index in [1.807, 2.05) is 24.3 Å². The van der Waals surface area contributed by atoms with Crippen molar-refractivity contribution in [2.24, 2.45) is 0 Å². The van der Waals surface area contributed by atoms with Crippen LogP contribution in [-0.4, -0.2) is 25.3 Å². The molecule has 26 heavy (non-hydrogen) atoms. The van der Waals surface area contributed by atoms with Gasteiger partial charge in [0, 0.05) is 24.5 Å². The highest BCUT2D eigenvalue weighted by molar-refractivity contribution is 7.80. The molecule has 138 valence electrons. The minimum atomic E-state index is 0.142. The molecule has 0 bridgehead atoms. The van der Waals surface area contributed by atoms with E-state index in [1.54, 1.807) is 7.11 Å². The zero-order valence-electron chi connectivity index (χ0n) is 15.5. The molecule has 2 N–H and O–H groups in total. The number of methoxy groups -OCH3 is 1. The predicted molar refractivity (Wildman–Crippen MR) is 113 cm³/mol. The molecule has 0 aromatic heterocycles. The molecule has 1 aliphatic heterocycles. The van der Waals surface area contributed by atoms with Gasteiger partial charge in [0.25, 0.3) is 0 Å². The van der Waals surface area contributed by atoms with Crippen molar-refractivity contribution < 1.29 is 4.74 Å². The van der Waals surface area contributed by atoms with Gasteiger partial charge in [-0.1, -0.05) is 12.1 Å². The largest absolute Gasteiger partial charge is 0.497 e. The van der Waals surface area contributed by atoms with Crippen molar-refractivity contribution in [2.75, 3.05) is 30.4 Å². The summed E-state index contributed by atoms with van der Waals surface area (Å²) in [6.07, 6.45) is 3.95. The molecule has 1 atom stereocenters. The molecule has 1 heterocycles. The van der Waals surface area contributed by atoms with E-state index in [4.69, 9.17) is 17.0 Å². The van der Waals surface area contributed by atoms with Gasteiger partial charge in [0.05, 0.1) is 13.2 Å². The van der Waals surface area contributed by atoms with Gasteiger partial charge in [-0.25, -0.2) is 0 Å². The first-order valence-corrected chi connectivity index (χ1v) is 9.63. The number of nitrogens with one attached hydrogen (secondary N) is 2. The van der Waals surface area contributed by atoms with Crippen molar-refractivity contribution in [1.29, 1.82) is 0 Å². The van der Waals surface area contributed by atoms with Crippen LogP contribution >= 0.6 is 12.2 Å². The van der Waals surface area contributed by atoms with Gasteiger partial charge in [-0.05, 0) is 80.4 Å². The van der Waals surface area contributed by atoms with E-state index in [0.717, 1.165) is 11.4 Å². The number of benzene rings is 2. The Morgan fingerprint density at radius 1 is 1.00 bits per heavy atom. The monoisotopic (exact) mass is 369 g/mol. The third-order valence-corrected chi connectivity index (χ3v) is 5.03. The highest BCUT2D eigenvalue weighted by atomic mass is 32.1. The van der Waals surface area contributed by atoms with E-state index >= 15 is 0 Å². The van der Waals surface area contributed by atoms with Crippen LogP contribution in [0.15, 0.2) is 48.5 Å². The lowest BCUT2D eigenvalue weighted by Gasteiger charge is -2.29. The molecule has 0 radical (unpaired) electrons. The van der Waals surface area contributed by atoms with Gasteiger partial charge in [-0.3, -0.25) is 0 Å². The molecule has 0 saturated carbocycles. The highest BCUT2D eigenvalue weighted by Gasteiger charge is 2.12. The van der Waals surface area contributed by atoms with Gasteiger partial charge in [-0.15, -0.1) is 0 Å². The quantitative estimate of drug-likeness (QED) is 0.745. The maximum atomic E-state index is 5.44. The molecule has 0 spiro atoms. The zero-order chi connectivity index (χ0) is 18.4. The van der Waals surface area contributed by atoms with Gasteiger partial charge in [0.15, 0.2) is 5.11 Å². The van der Waals surface area contributed by atoms with Crippen molar-refractivity contribution in [3.05, 3.63) is 54.1 Å². The summed E-state index contributed by atoms with van der Waals surface area (Å²) in [4.78, 5) is 2.47. The number of thiocarbonyl (C=S) groups is 1. The summed E-state index contributed by atoms with van der Waals surface area (Å²) >= 11 is 5.44. The van der Waals surface area contributed by atoms with Crippen molar-refractivity contribution in [2.45, 2.75) is 32.2 Å². The molecule has 4 nitrogen and oxygen atoms in total. The van der Waals surface area contributed by atoms with Crippen molar-refractivity contribution in [3.63, 3.8) is 0 Å². The number of hydrogen-bond donors (Lipinski definition) is 2. The van der Waals surface area contributed by atoms with E-state index < -0.39 is 0 Å². The van der Waals surface area contributed by atoms with Crippen LogP contribution in [0.4, 0.5) is 11.4 Å². The Morgan fingerprint density at radius 3 is 2.27 bits per heavy atom. The maximum absolute atomic E-state index is 5.44. The Labute approximate surface area is 161 Å². The second kappa shape index (κ2) is 8.90. The van der Waals surface area contributed by atoms with Gasteiger partial charge in [0.1, 0.15) is 5.75 Å². The number of anilines is 2. The summed E-state index contributed by atoms with van der Waals surface area (Å²) in [7, 11) is 1.66. The van der Waals surface area contributed by atoms with Crippen LogP contribution < -0.4 is 20.3 Å². The van der Waals surface area contributed by atoms with Gasteiger partial charge >= 0.3 is 0 Å². The first-order valence-electron chi connectivity index (χ1n) is 9.22. The molecule has 3 rings (SSSR count). The number of nitrogens with zero attached hydrogens (tertiary/aromatic N) is 1. The molecule has 1 fully saturated rings. The molecule has 0 aliphatic carbocycles. The van der Waals surface area contributed by atoms with Crippen LogP contribution in [0.5, 0.6) is 5.75 Å². The zero-order valence-corrected chi connectivity index (χ0v) is 16.3. The average molecular weight is 370 g/mol. The van der Waals surface area contributed by atoms with Crippen LogP contribution in [0, 0.1) is 0 Å². The number of rotatable bonds is 5. The number of hydrogen-bond acceptors (Lipinski definition) is 3. The van der Waals surface area contributed by atoms with Crippen LogP contribution in [0.25, 0.3) is 0 Å². The summed E-state index contributed by atoms with van der Waals surface area (Å²) < 4.78 is 5.17. The summed E-state index contributed by atoms with van der Waals surface area (Å²) in [6, 6.07) is 16.7. The topological polar surface area (TPSA) is 36.5 Å². The van der Waals surface area contributed by atoms with Crippen LogP contribution in [0.1, 0.15) is 37.8 Å². The second-order valence-electron chi connectivity index (χ2n) is 6.69. The van der Waals surface area contributed by atoms with E-state index in [2.05, 4.69) is 46.7 Å². The standard InChI is InChI=1S/C21H27N3OS/c1-16(22-21(26)23-18-8-12-20(25-2)13-9-18)17-6-10-19(11-7-17)24-14-4-3-5-15-24/h6-13,16H,3-5,14-15H2,1-2H3,(H2,22,23,26)/t16-/m0/s1. The molecule has 5 heteroatoms. The van der Waals surface area contributed by atoms with Crippen molar-refractivity contribution in [1.82, 2.24) is 5.32 Å². The summed E-state index contributed by atoms with van der Waals surface area (Å²) in [5.74, 6) is 0.830. The lowest BCUT2D eigenvalue weighted by molar-refractivity contribution is 0.415. The lowest BCUT2D eigenvalue weighted by atomic mass is 10.1. The van der Waals surface area contributed by atoms with Crippen molar-refractivity contribution >= 4 is 28.7 Å². The summed E-state index contributed by atoms with van der Waals surface area (Å²) in [6.45, 7) is 4.46. The van der Waals surface area contributed by atoms with Crippen LogP contribution in [0.2, 0.25) is 0 Å². The third-order valence-electron chi connectivity index (χ3n) is 4.81. The minimum Gasteiger partial charge on any atom is -0.497 e. The second-order valence-corrected chi connectivity index (χ2v) is 7.10. The molecule has 1 aliphatic rings. The highest BCUT2D eigenvalue weighted by Crippen LogP contribution is 2.22. The lowest BCUT2D eigenvalue weighted by Crippen LogP contribution is -2.31.